The molecule has 13 heavy (non-hydrogen) atoms. The number of halogens is 2. The van der Waals surface area contributed by atoms with Crippen LogP contribution in [0.25, 0.3) is 0 Å². The highest BCUT2D eigenvalue weighted by Gasteiger charge is 2.13. The number of nitrogens with two attached hydrogens (primary N) is 1. The van der Waals surface area contributed by atoms with Gasteiger partial charge < -0.3 is 10.8 Å². The zero-order valence-electron chi connectivity index (χ0n) is 6.87. The Bertz CT molecular complexity index is 291. The second kappa shape index (κ2) is 4.25. The number of hydrogen-bond donors (Lipinski definition) is 2. The highest BCUT2D eigenvalue weighted by molar-refractivity contribution is 5.23. The lowest BCUT2D eigenvalue weighted by molar-refractivity contribution is 0.146. The molecule has 0 saturated heterocycles. The zero-order chi connectivity index (χ0) is 9.84. The standard InChI is InChI=1S/C8H10F2N2O/c9-8(10)6-2-1-5(3-11)12-7(6)4-13/h1-2,8,13H,3-4,11H2. The van der Waals surface area contributed by atoms with Gasteiger partial charge in [-0.05, 0) is 12.1 Å². The number of aliphatic hydroxyl groups is 1. The summed E-state index contributed by atoms with van der Waals surface area (Å²) in [5, 5.41) is 8.75. The van der Waals surface area contributed by atoms with Crippen molar-refractivity contribution in [1.29, 1.82) is 0 Å². The first kappa shape index (κ1) is 10.0. The normalized spacial score (nSPS) is 10.8. The third kappa shape index (κ3) is 2.19. The van der Waals surface area contributed by atoms with Crippen molar-refractivity contribution >= 4 is 0 Å². The smallest absolute Gasteiger partial charge is 0.265 e. The SMILES string of the molecule is NCc1ccc(C(F)F)c(CO)n1. The van der Waals surface area contributed by atoms with Gasteiger partial charge in [0, 0.05) is 12.1 Å². The van der Waals surface area contributed by atoms with Crippen LogP contribution in [0.1, 0.15) is 23.4 Å². The van der Waals surface area contributed by atoms with E-state index >= 15 is 0 Å². The summed E-state index contributed by atoms with van der Waals surface area (Å²) in [6.07, 6.45) is -2.61. The summed E-state index contributed by atoms with van der Waals surface area (Å²) < 4.78 is 24.5. The zero-order valence-corrected chi connectivity index (χ0v) is 6.87. The van der Waals surface area contributed by atoms with Gasteiger partial charge >= 0.3 is 0 Å². The topological polar surface area (TPSA) is 59.1 Å². The Balaban J connectivity index is 3.08. The largest absolute Gasteiger partial charge is 0.390 e. The number of aliphatic hydroxyl groups excluding tert-OH is 1. The van der Waals surface area contributed by atoms with Crippen molar-refractivity contribution in [2.45, 2.75) is 19.6 Å². The molecule has 1 aromatic rings. The third-order valence-corrected chi connectivity index (χ3v) is 1.66. The van der Waals surface area contributed by atoms with Crippen molar-refractivity contribution in [2.75, 3.05) is 0 Å². The van der Waals surface area contributed by atoms with Crippen LogP contribution in [0.3, 0.4) is 0 Å². The molecular weight excluding hydrogens is 178 g/mol. The van der Waals surface area contributed by atoms with Gasteiger partial charge in [0.15, 0.2) is 0 Å². The molecular formula is C8H10F2N2O. The van der Waals surface area contributed by atoms with Crippen LogP contribution in [0.4, 0.5) is 8.78 Å². The Morgan fingerprint density at radius 2 is 2.15 bits per heavy atom. The fraction of sp³-hybridized carbons (Fsp3) is 0.375. The Morgan fingerprint density at radius 1 is 1.46 bits per heavy atom. The van der Waals surface area contributed by atoms with Crippen molar-refractivity contribution in [3.8, 4) is 0 Å². The second-order valence-electron chi connectivity index (χ2n) is 2.50. The first-order valence-corrected chi connectivity index (χ1v) is 3.76. The molecule has 0 aliphatic rings. The molecule has 5 heteroatoms. The molecule has 0 unspecified atom stereocenters. The van der Waals surface area contributed by atoms with Gasteiger partial charge in [-0.1, -0.05) is 0 Å². The van der Waals surface area contributed by atoms with Gasteiger partial charge in [0.2, 0.25) is 0 Å². The van der Waals surface area contributed by atoms with Crippen LogP contribution in [0.5, 0.6) is 0 Å². The Labute approximate surface area is 74.2 Å². The van der Waals surface area contributed by atoms with Gasteiger partial charge in [-0.3, -0.25) is 4.98 Å². The van der Waals surface area contributed by atoms with Crippen molar-refractivity contribution < 1.29 is 13.9 Å². The fourth-order valence-electron chi connectivity index (χ4n) is 0.996. The average molecular weight is 188 g/mol. The molecule has 3 N–H and O–H groups in total. The molecule has 0 atom stereocenters. The van der Waals surface area contributed by atoms with Gasteiger partial charge in [-0.25, -0.2) is 8.78 Å². The highest BCUT2D eigenvalue weighted by Crippen LogP contribution is 2.21. The van der Waals surface area contributed by atoms with E-state index in [1.807, 2.05) is 0 Å². The van der Waals surface area contributed by atoms with E-state index in [1.54, 1.807) is 0 Å². The number of pyridine rings is 1. The van der Waals surface area contributed by atoms with Gasteiger partial charge in [0.1, 0.15) is 0 Å². The molecule has 0 aromatic carbocycles. The lowest BCUT2D eigenvalue weighted by Gasteiger charge is -2.06. The van der Waals surface area contributed by atoms with Crippen LogP contribution in [-0.2, 0) is 13.2 Å². The van der Waals surface area contributed by atoms with Crippen LogP contribution < -0.4 is 5.73 Å². The highest BCUT2D eigenvalue weighted by atomic mass is 19.3. The summed E-state index contributed by atoms with van der Waals surface area (Å²) in [4.78, 5) is 3.78. The summed E-state index contributed by atoms with van der Waals surface area (Å²) in [5.74, 6) is 0. The minimum Gasteiger partial charge on any atom is -0.390 e. The van der Waals surface area contributed by atoms with Crippen molar-refractivity contribution in [2.24, 2.45) is 5.73 Å². The maximum atomic E-state index is 12.3. The van der Waals surface area contributed by atoms with Crippen molar-refractivity contribution in [3.05, 3.63) is 29.1 Å². The molecule has 0 fully saturated rings. The molecule has 72 valence electrons. The first-order valence-electron chi connectivity index (χ1n) is 3.76. The summed E-state index contributed by atoms with van der Waals surface area (Å²) in [6.45, 7) is -0.315. The number of nitrogens with zero attached hydrogens (tertiary/aromatic N) is 1. The Kier molecular flexibility index (Phi) is 3.27. The van der Waals surface area contributed by atoms with Gasteiger partial charge in [-0.2, -0.15) is 0 Å². The van der Waals surface area contributed by atoms with Gasteiger partial charge in [0.25, 0.3) is 6.43 Å². The van der Waals surface area contributed by atoms with E-state index in [2.05, 4.69) is 4.98 Å². The minimum atomic E-state index is -2.61. The Morgan fingerprint density at radius 3 is 2.62 bits per heavy atom. The maximum Gasteiger partial charge on any atom is 0.265 e. The van der Waals surface area contributed by atoms with E-state index in [1.165, 1.54) is 12.1 Å². The Hall–Kier alpha value is -1.07. The quantitative estimate of drug-likeness (QED) is 0.743. The van der Waals surface area contributed by atoms with E-state index in [0.717, 1.165) is 0 Å². The van der Waals surface area contributed by atoms with Crippen LogP contribution in [0.15, 0.2) is 12.1 Å². The van der Waals surface area contributed by atoms with E-state index in [-0.39, 0.29) is 17.8 Å². The molecule has 0 spiro atoms. The van der Waals surface area contributed by atoms with Crippen molar-refractivity contribution in [1.82, 2.24) is 4.98 Å². The molecule has 1 heterocycles. The molecule has 0 saturated carbocycles. The lowest BCUT2D eigenvalue weighted by Crippen LogP contribution is -2.05. The molecule has 1 rings (SSSR count). The number of alkyl halides is 2. The summed E-state index contributed by atoms with van der Waals surface area (Å²) in [7, 11) is 0. The predicted octanol–water partition coefficient (Wildman–Crippen LogP) is 0.970. The third-order valence-electron chi connectivity index (χ3n) is 1.66. The van der Waals surface area contributed by atoms with Gasteiger partial charge in [-0.15, -0.1) is 0 Å². The van der Waals surface area contributed by atoms with Crippen molar-refractivity contribution in [3.63, 3.8) is 0 Å². The molecule has 1 aromatic heterocycles. The number of hydrogen-bond acceptors (Lipinski definition) is 3. The molecule has 3 nitrogen and oxygen atoms in total. The minimum absolute atomic E-state index is 0.00190. The first-order chi connectivity index (χ1) is 6.19. The molecule has 0 aliphatic carbocycles. The molecule has 0 radical (unpaired) electrons. The van der Waals surface area contributed by atoms with Crippen LogP contribution in [0, 0.1) is 0 Å². The van der Waals surface area contributed by atoms with E-state index in [4.69, 9.17) is 10.8 Å². The number of aromatic nitrogens is 1. The van der Waals surface area contributed by atoms with E-state index in [9.17, 15) is 8.78 Å². The summed E-state index contributed by atoms with van der Waals surface area (Å²) in [5.41, 5.74) is 5.52. The second-order valence-corrected chi connectivity index (χ2v) is 2.50. The van der Waals surface area contributed by atoms with Gasteiger partial charge in [0.05, 0.1) is 18.0 Å². The maximum absolute atomic E-state index is 12.3. The summed E-state index contributed by atoms with van der Waals surface area (Å²) in [6, 6.07) is 2.67. The lowest BCUT2D eigenvalue weighted by atomic mass is 10.2. The van der Waals surface area contributed by atoms with E-state index in [0.29, 0.717) is 5.69 Å². The van der Waals surface area contributed by atoms with Crippen LogP contribution in [0.2, 0.25) is 0 Å². The average Bonchev–Trinajstić information content (AvgIpc) is 2.16. The van der Waals surface area contributed by atoms with E-state index < -0.39 is 13.0 Å². The predicted molar refractivity (Wildman–Crippen MR) is 43.0 cm³/mol. The van der Waals surface area contributed by atoms with Crippen LogP contribution >= 0.6 is 0 Å². The molecule has 0 aliphatic heterocycles. The summed E-state index contributed by atoms with van der Waals surface area (Å²) >= 11 is 0. The molecule has 0 bridgehead atoms. The van der Waals surface area contributed by atoms with Crippen LogP contribution in [-0.4, -0.2) is 10.1 Å². The number of rotatable bonds is 3. The fourth-order valence-corrected chi connectivity index (χ4v) is 0.996. The molecule has 0 amide bonds. The monoisotopic (exact) mass is 188 g/mol.